The molecule has 1 saturated carbocycles. The van der Waals surface area contributed by atoms with Crippen LogP contribution in [0.2, 0.25) is 0 Å². The highest BCUT2D eigenvalue weighted by molar-refractivity contribution is 14.0. The number of ether oxygens (including phenoxy) is 2. The Morgan fingerprint density at radius 3 is 2.84 bits per heavy atom. The fraction of sp³-hybridized carbons (Fsp3) is 0.611. The number of aliphatic imine (C=N–C) groups is 1. The molecular weight excluding hydrogens is 436 g/mol. The summed E-state index contributed by atoms with van der Waals surface area (Å²) in [6.45, 7) is 4.87. The summed E-state index contributed by atoms with van der Waals surface area (Å²) in [5.41, 5.74) is 0. The molecule has 1 aliphatic carbocycles. The summed E-state index contributed by atoms with van der Waals surface area (Å²) in [6, 6.07) is 6.17. The molecular formula is C18H29FIN3O2. The molecule has 0 amide bonds. The van der Waals surface area contributed by atoms with Gasteiger partial charge in [0.05, 0.1) is 13.2 Å². The molecule has 1 fully saturated rings. The highest BCUT2D eigenvalue weighted by Gasteiger charge is 2.21. The third-order valence-corrected chi connectivity index (χ3v) is 3.88. The molecule has 7 heteroatoms. The minimum Gasteiger partial charge on any atom is -0.489 e. The van der Waals surface area contributed by atoms with Crippen molar-refractivity contribution in [3.05, 3.63) is 30.1 Å². The number of guanidine groups is 1. The van der Waals surface area contributed by atoms with Crippen molar-refractivity contribution in [1.82, 2.24) is 10.2 Å². The standard InChI is InChI=1S/C18H28FN3O2.HI/c1-14(24-17-6-4-5-16(19)11-17)12-21-18(20-2)22(3)9-10-23-13-15-7-8-15;/h4-6,11,14-15H,7-10,12-13H2,1-3H3,(H,20,21);1H. The zero-order valence-electron chi connectivity index (χ0n) is 15.2. The topological polar surface area (TPSA) is 46.1 Å². The zero-order valence-corrected chi connectivity index (χ0v) is 17.5. The predicted octanol–water partition coefficient (Wildman–Crippen LogP) is 3.14. The molecule has 0 spiro atoms. The number of nitrogens with zero attached hydrogens (tertiary/aromatic N) is 2. The molecule has 1 unspecified atom stereocenters. The molecule has 0 bridgehead atoms. The van der Waals surface area contributed by atoms with Gasteiger partial charge in [-0.2, -0.15) is 0 Å². The van der Waals surface area contributed by atoms with Crippen molar-refractivity contribution in [1.29, 1.82) is 0 Å². The predicted molar refractivity (Wildman–Crippen MR) is 109 cm³/mol. The van der Waals surface area contributed by atoms with Gasteiger partial charge in [0.15, 0.2) is 5.96 Å². The van der Waals surface area contributed by atoms with Crippen molar-refractivity contribution in [2.75, 3.05) is 40.4 Å². The van der Waals surface area contributed by atoms with E-state index in [1.54, 1.807) is 19.2 Å². The smallest absolute Gasteiger partial charge is 0.193 e. The van der Waals surface area contributed by atoms with Gasteiger partial charge in [-0.15, -0.1) is 24.0 Å². The van der Waals surface area contributed by atoms with Gasteiger partial charge in [0.25, 0.3) is 0 Å². The van der Waals surface area contributed by atoms with E-state index in [0.29, 0.717) is 18.9 Å². The summed E-state index contributed by atoms with van der Waals surface area (Å²) in [5.74, 6) is 1.81. The summed E-state index contributed by atoms with van der Waals surface area (Å²) >= 11 is 0. The van der Waals surface area contributed by atoms with Gasteiger partial charge in [0.1, 0.15) is 17.7 Å². The van der Waals surface area contributed by atoms with E-state index in [4.69, 9.17) is 9.47 Å². The lowest BCUT2D eigenvalue weighted by Gasteiger charge is -2.24. The highest BCUT2D eigenvalue weighted by atomic mass is 127. The second kappa shape index (κ2) is 11.5. The maximum absolute atomic E-state index is 13.2. The van der Waals surface area contributed by atoms with E-state index < -0.39 is 0 Å². The number of halogens is 2. The number of rotatable bonds is 9. The average Bonchev–Trinajstić information content (AvgIpc) is 3.36. The van der Waals surface area contributed by atoms with E-state index >= 15 is 0 Å². The molecule has 0 heterocycles. The first-order valence-corrected chi connectivity index (χ1v) is 8.50. The van der Waals surface area contributed by atoms with Gasteiger partial charge < -0.3 is 19.7 Å². The van der Waals surface area contributed by atoms with Crippen LogP contribution in [0.25, 0.3) is 0 Å². The molecule has 0 saturated heterocycles. The second-order valence-electron chi connectivity index (χ2n) is 6.25. The van der Waals surface area contributed by atoms with Gasteiger partial charge in [-0.05, 0) is 37.8 Å². The van der Waals surface area contributed by atoms with Crippen LogP contribution in [0.15, 0.2) is 29.3 Å². The van der Waals surface area contributed by atoms with E-state index in [0.717, 1.165) is 25.0 Å². The van der Waals surface area contributed by atoms with E-state index in [1.807, 2.05) is 18.9 Å². The van der Waals surface area contributed by atoms with Crippen LogP contribution < -0.4 is 10.1 Å². The number of nitrogens with one attached hydrogen (secondary N) is 1. The quantitative estimate of drug-likeness (QED) is 0.264. The Morgan fingerprint density at radius 2 is 2.20 bits per heavy atom. The molecule has 1 aromatic rings. The number of hydrogen-bond donors (Lipinski definition) is 1. The Kier molecular flexibility index (Phi) is 10.1. The third kappa shape index (κ3) is 8.71. The maximum atomic E-state index is 13.2. The van der Waals surface area contributed by atoms with Crippen LogP contribution in [0, 0.1) is 11.7 Å². The van der Waals surface area contributed by atoms with Gasteiger partial charge in [-0.1, -0.05) is 6.07 Å². The van der Waals surface area contributed by atoms with Crippen molar-refractivity contribution < 1.29 is 13.9 Å². The van der Waals surface area contributed by atoms with Crippen molar-refractivity contribution >= 4 is 29.9 Å². The Labute approximate surface area is 167 Å². The van der Waals surface area contributed by atoms with E-state index in [2.05, 4.69) is 10.3 Å². The third-order valence-electron chi connectivity index (χ3n) is 3.88. The van der Waals surface area contributed by atoms with Crippen molar-refractivity contribution in [2.45, 2.75) is 25.9 Å². The lowest BCUT2D eigenvalue weighted by molar-refractivity contribution is 0.115. The number of benzene rings is 1. The van der Waals surface area contributed by atoms with Crippen LogP contribution in [0.5, 0.6) is 5.75 Å². The molecule has 1 aliphatic rings. The van der Waals surface area contributed by atoms with Gasteiger partial charge in [-0.3, -0.25) is 4.99 Å². The van der Waals surface area contributed by atoms with E-state index in [-0.39, 0.29) is 35.9 Å². The molecule has 1 atom stereocenters. The fourth-order valence-electron chi connectivity index (χ4n) is 2.28. The molecule has 5 nitrogen and oxygen atoms in total. The Hall–Kier alpha value is -1.09. The van der Waals surface area contributed by atoms with Crippen LogP contribution in [-0.4, -0.2) is 57.4 Å². The molecule has 1 N–H and O–H groups in total. The van der Waals surface area contributed by atoms with Crippen molar-refractivity contribution in [2.24, 2.45) is 10.9 Å². The summed E-state index contributed by atoms with van der Waals surface area (Å²) in [7, 11) is 3.73. The highest BCUT2D eigenvalue weighted by Crippen LogP contribution is 2.28. The van der Waals surface area contributed by atoms with Gasteiger partial charge in [0.2, 0.25) is 0 Å². The van der Waals surface area contributed by atoms with E-state index in [9.17, 15) is 4.39 Å². The molecule has 142 valence electrons. The first-order chi connectivity index (χ1) is 11.6. The lowest BCUT2D eigenvalue weighted by atomic mass is 10.3. The van der Waals surface area contributed by atoms with Gasteiger partial charge in [0, 0.05) is 33.3 Å². The first-order valence-electron chi connectivity index (χ1n) is 8.50. The summed E-state index contributed by atoms with van der Waals surface area (Å²) in [4.78, 5) is 6.30. The van der Waals surface area contributed by atoms with Crippen molar-refractivity contribution in [3.8, 4) is 5.75 Å². The first kappa shape index (κ1) is 22.0. The van der Waals surface area contributed by atoms with Gasteiger partial charge >= 0.3 is 0 Å². The summed E-state index contributed by atoms with van der Waals surface area (Å²) in [5, 5.41) is 3.27. The zero-order chi connectivity index (χ0) is 17.4. The SMILES string of the molecule is CN=C(NCC(C)Oc1cccc(F)c1)N(C)CCOCC1CC1.I. The van der Waals surface area contributed by atoms with Crippen LogP contribution in [0.1, 0.15) is 19.8 Å². The van der Waals surface area contributed by atoms with Crippen LogP contribution in [0.3, 0.4) is 0 Å². The largest absolute Gasteiger partial charge is 0.489 e. The lowest BCUT2D eigenvalue weighted by Crippen LogP contribution is -2.44. The monoisotopic (exact) mass is 465 g/mol. The molecule has 25 heavy (non-hydrogen) atoms. The van der Waals surface area contributed by atoms with Crippen LogP contribution >= 0.6 is 24.0 Å². The Balaban J connectivity index is 0.00000312. The maximum Gasteiger partial charge on any atom is 0.193 e. The second-order valence-corrected chi connectivity index (χ2v) is 6.25. The van der Waals surface area contributed by atoms with Crippen LogP contribution in [0.4, 0.5) is 4.39 Å². The molecule has 0 radical (unpaired) electrons. The van der Waals surface area contributed by atoms with Crippen molar-refractivity contribution in [3.63, 3.8) is 0 Å². The minimum atomic E-state index is -0.297. The van der Waals surface area contributed by atoms with E-state index in [1.165, 1.54) is 25.0 Å². The minimum absolute atomic E-state index is 0. The van der Waals surface area contributed by atoms with Gasteiger partial charge in [-0.25, -0.2) is 4.39 Å². The molecule has 0 aromatic heterocycles. The number of hydrogen-bond acceptors (Lipinski definition) is 3. The Bertz CT molecular complexity index is 541. The normalized spacial score (nSPS) is 15.3. The number of likely N-dealkylation sites (N-methyl/N-ethyl adjacent to an activating group) is 1. The molecule has 2 rings (SSSR count). The molecule has 1 aromatic carbocycles. The summed E-state index contributed by atoms with van der Waals surface area (Å²) < 4.78 is 24.5. The summed E-state index contributed by atoms with van der Waals surface area (Å²) in [6.07, 6.45) is 2.51. The Morgan fingerprint density at radius 1 is 1.44 bits per heavy atom. The molecule has 0 aliphatic heterocycles. The fourth-order valence-corrected chi connectivity index (χ4v) is 2.28. The van der Waals surface area contributed by atoms with Crippen LogP contribution in [-0.2, 0) is 4.74 Å². The average molecular weight is 465 g/mol.